The monoisotopic (exact) mass is 624 g/mol. The first kappa shape index (κ1) is 31.8. The molecule has 2 atom stereocenters. The summed E-state index contributed by atoms with van der Waals surface area (Å²) in [7, 11) is 3.06. The quantitative estimate of drug-likeness (QED) is 0.142. The molecule has 2 amide bonds. The summed E-state index contributed by atoms with van der Waals surface area (Å²) in [6.07, 6.45) is 3.30. The van der Waals surface area contributed by atoms with E-state index in [4.69, 9.17) is 14.2 Å². The molecule has 0 bridgehead atoms. The number of amides is 2. The summed E-state index contributed by atoms with van der Waals surface area (Å²) in [6, 6.07) is 22.0. The Kier molecular flexibility index (Phi) is 9.97. The number of methoxy groups -OCH3 is 2. The van der Waals surface area contributed by atoms with E-state index < -0.39 is 12.0 Å². The summed E-state index contributed by atoms with van der Waals surface area (Å²) in [5.41, 5.74) is 3.57. The van der Waals surface area contributed by atoms with Crippen LogP contribution in [0.3, 0.4) is 0 Å². The molecule has 1 aliphatic rings. The molecule has 0 unspecified atom stereocenters. The van der Waals surface area contributed by atoms with Gasteiger partial charge in [-0.2, -0.15) is 0 Å². The van der Waals surface area contributed by atoms with Gasteiger partial charge in [-0.15, -0.1) is 0 Å². The van der Waals surface area contributed by atoms with E-state index in [1.807, 2.05) is 0 Å². The molecule has 0 aromatic heterocycles. The number of hydrogen-bond acceptors (Lipinski definition) is 8. The zero-order valence-corrected chi connectivity index (χ0v) is 25.5. The molecule has 4 aromatic rings. The lowest BCUT2D eigenvalue weighted by molar-refractivity contribution is -0.124. The minimum atomic E-state index is -0.827. The van der Waals surface area contributed by atoms with Gasteiger partial charge in [0.1, 0.15) is 23.5 Å². The highest BCUT2D eigenvalue weighted by atomic mass is 16.5. The highest BCUT2D eigenvalue weighted by Crippen LogP contribution is 2.51. The van der Waals surface area contributed by atoms with Gasteiger partial charge in [-0.25, -0.2) is 0 Å². The lowest BCUT2D eigenvalue weighted by Gasteiger charge is -2.20. The molecule has 0 aliphatic carbocycles. The van der Waals surface area contributed by atoms with Crippen molar-refractivity contribution in [1.82, 2.24) is 10.6 Å². The van der Waals surface area contributed by atoms with Crippen molar-refractivity contribution in [1.29, 1.82) is 0 Å². The van der Waals surface area contributed by atoms with Gasteiger partial charge in [0.15, 0.2) is 23.0 Å². The molecule has 5 N–H and O–H groups in total. The fourth-order valence-electron chi connectivity index (χ4n) is 5.37. The maximum Gasteiger partial charge on any atom is 0.244 e. The molecule has 238 valence electrons. The van der Waals surface area contributed by atoms with Crippen LogP contribution in [0.1, 0.15) is 39.8 Å². The lowest BCUT2D eigenvalue weighted by atomic mass is 9.89. The Labute approximate surface area is 266 Å². The van der Waals surface area contributed by atoms with Gasteiger partial charge < -0.3 is 40.2 Å². The molecule has 4 aromatic carbocycles. The smallest absolute Gasteiger partial charge is 0.244 e. The predicted octanol–water partition coefficient (Wildman–Crippen LogP) is 4.77. The summed E-state index contributed by atoms with van der Waals surface area (Å²) >= 11 is 0. The Bertz CT molecular complexity index is 1720. The van der Waals surface area contributed by atoms with Crippen LogP contribution in [0.25, 0.3) is 6.08 Å². The maximum absolute atomic E-state index is 13.8. The second kappa shape index (κ2) is 14.4. The molecule has 46 heavy (non-hydrogen) atoms. The minimum absolute atomic E-state index is 0.158. The van der Waals surface area contributed by atoms with Crippen LogP contribution in [0.15, 0.2) is 84.9 Å². The molecular formula is C36H36N2O8. The van der Waals surface area contributed by atoms with Crippen molar-refractivity contribution in [2.24, 2.45) is 0 Å². The van der Waals surface area contributed by atoms with Crippen molar-refractivity contribution in [3.05, 3.63) is 113 Å². The minimum Gasteiger partial charge on any atom is -0.508 e. The van der Waals surface area contributed by atoms with E-state index >= 15 is 0 Å². The fourth-order valence-corrected chi connectivity index (χ4v) is 5.37. The summed E-state index contributed by atoms with van der Waals surface area (Å²) in [5, 5.41) is 35.8. The van der Waals surface area contributed by atoms with Crippen LogP contribution in [0.2, 0.25) is 0 Å². The maximum atomic E-state index is 13.8. The van der Waals surface area contributed by atoms with Crippen molar-refractivity contribution in [2.75, 3.05) is 27.3 Å². The van der Waals surface area contributed by atoms with Gasteiger partial charge >= 0.3 is 0 Å². The highest BCUT2D eigenvalue weighted by Gasteiger charge is 2.42. The van der Waals surface area contributed by atoms with Crippen LogP contribution in [-0.2, 0) is 22.4 Å². The van der Waals surface area contributed by atoms with E-state index in [0.29, 0.717) is 54.1 Å². The van der Waals surface area contributed by atoms with Gasteiger partial charge in [0.05, 0.1) is 14.2 Å². The standard InChI is InChI=1S/C36H36N2O8/c1-44-30-13-8-25(21-31(30)45-2)34-33(36(43)38-18-16-23-5-11-27(40)12-6-23)28-19-24(20-29(41)35(28)46-34)7-14-32(42)37-17-15-22-3-9-26(39)10-4-22/h3-14,19-21,33-34,39-41H,15-18H2,1-2H3,(H,37,42)(H,38,43)/t33-,34-/m1/s1. The first-order chi connectivity index (χ1) is 22.2. The van der Waals surface area contributed by atoms with Crippen molar-refractivity contribution >= 4 is 17.9 Å². The van der Waals surface area contributed by atoms with Crippen LogP contribution in [0.4, 0.5) is 0 Å². The summed E-state index contributed by atoms with van der Waals surface area (Å²) < 4.78 is 17.1. The van der Waals surface area contributed by atoms with Gasteiger partial charge in [0.2, 0.25) is 11.8 Å². The second-order valence-corrected chi connectivity index (χ2v) is 10.8. The SMILES string of the molecule is COc1ccc([C@H]2Oc3c(O)cc(C=CC(=O)NCCc4ccc(O)cc4)cc3[C@H]2C(=O)NCCc2ccc(O)cc2)cc1OC. The number of carbonyl (C=O) groups excluding carboxylic acids is 2. The Morgan fingerprint density at radius 3 is 2.00 bits per heavy atom. The second-order valence-electron chi connectivity index (χ2n) is 10.8. The number of nitrogens with one attached hydrogen (secondary N) is 2. The molecule has 0 fully saturated rings. The molecular weight excluding hydrogens is 588 g/mol. The number of fused-ring (bicyclic) bond motifs is 1. The van der Waals surface area contributed by atoms with E-state index in [-0.39, 0.29) is 34.8 Å². The number of benzene rings is 4. The van der Waals surface area contributed by atoms with Crippen molar-refractivity contribution in [3.63, 3.8) is 0 Å². The normalized spacial score (nSPS) is 15.2. The summed E-state index contributed by atoms with van der Waals surface area (Å²) in [4.78, 5) is 26.3. The van der Waals surface area contributed by atoms with E-state index in [1.54, 1.807) is 78.9 Å². The number of phenolic OH excluding ortho intramolecular Hbond substituents is 3. The zero-order valence-electron chi connectivity index (χ0n) is 25.5. The number of rotatable bonds is 12. The van der Waals surface area contributed by atoms with Crippen LogP contribution in [0.5, 0.6) is 34.5 Å². The molecule has 5 rings (SSSR count). The van der Waals surface area contributed by atoms with Crippen LogP contribution < -0.4 is 24.8 Å². The van der Waals surface area contributed by atoms with Gasteiger partial charge in [0, 0.05) is 24.7 Å². The van der Waals surface area contributed by atoms with Crippen LogP contribution in [-0.4, -0.2) is 54.4 Å². The average Bonchev–Trinajstić information content (AvgIpc) is 3.45. The average molecular weight is 625 g/mol. The lowest BCUT2D eigenvalue weighted by Crippen LogP contribution is -2.33. The Hall–Kier alpha value is -5.64. The molecule has 0 spiro atoms. The fraction of sp³-hybridized carbons (Fsp3) is 0.222. The molecule has 1 aliphatic heterocycles. The topological polar surface area (TPSA) is 147 Å². The highest BCUT2D eigenvalue weighted by molar-refractivity contribution is 5.92. The first-order valence-electron chi connectivity index (χ1n) is 14.8. The molecule has 10 heteroatoms. The number of hydrogen-bond donors (Lipinski definition) is 5. The first-order valence-corrected chi connectivity index (χ1v) is 14.8. The Morgan fingerprint density at radius 2 is 1.39 bits per heavy atom. The van der Waals surface area contributed by atoms with Gasteiger partial charge in [0.25, 0.3) is 0 Å². The third-order valence-electron chi connectivity index (χ3n) is 7.75. The van der Waals surface area contributed by atoms with E-state index in [9.17, 15) is 24.9 Å². The number of ether oxygens (including phenoxy) is 3. The predicted molar refractivity (Wildman–Crippen MR) is 172 cm³/mol. The Morgan fingerprint density at radius 1 is 0.783 bits per heavy atom. The molecule has 0 saturated carbocycles. The molecule has 1 heterocycles. The number of aromatic hydroxyl groups is 3. The molecule has 0 saturated heterocycles. The van der Waals surface area contributed by atoms with Crippen LogP contribution >= 0.6 is 0 Å². The Balaban J connectivity index is 1.35. The zero-order chi connectivity index (χ0) is 32.6. The molecule has 10 nitrogen and oxygen atoms in total. The van der Waals surface area contributed by atoms with Crippen molar-refractivity contribution in [3.8, 4) is 34.5 Å². The number of phenols is 3. The third kappa shape index (κ3) is 7.52. The number of carbonyl (C=O) groups is 2. The van der Waals surface area contributed by atoms with E-state index in [0.717, 1.165) is 11.1 Å². The largest absolute Gasteiger partial charge is 0.508 e. The van der Waals surface area contributed by atoms with Crippen molar-refractivity contribution < 1.29 is 39.1 Å². The van der Waals surface area contributed by atoms with Gasteiger partial charge in [-0.05, 0) is 89.7 Å². The molecule has 0 radical (unpaired) electrons. The summed E-state index contributed by atoms with van der Waals surface area (Å²) in [5.74, 6) is -0.0748. The van der Waals surface area contributed by atoms with Gasteiger partial charge in [-0.3, -0.25) is 9.59 Å². The van der Waals surface area contributed by atoms with E-state index in [2.05, 4.69) is 10.6 Å². The van der Waals surface area contributed by atoms with Crippen molar-refractivity contribution in [2.45, 2.75) is 24.9 Å². The van der Waals surface area contributed by atoms with Gasteiger partial charge in [-0.1, -0.05) is 30.3 Å². The van der Waals surface area contributed by atoms with Crippen LogP contribution in [0, 0.1) is 0 Å². The van der Waals surface area contributed by atoms with E-state index in [1.165, 1.54) is 26.4 Å². The third-order valence-corrected chi connectivity index (χ3v) is 7.75. The summed E-state index contributed by atoms with van der Waals surface area (Å²) in [6.45, 7) is 0.737.